The average Bonchev–Trinajstić information content (AvgIpc) is 0.764. The Morgan fingerprint density at radius 2 is 0.667 bits per heavy atom. The fourth-order valence-electron chi connectivity index (χ4n) is 13.8. The summed E-state index contributed by atoms with van der Waals surface area (Å²) in [4.78, 5) is 73.7. The zero-order chi connectivity index (χ0) is 77.6. The summed E-state index contributed by atoms with van der Waals surface area (Å²) in [7, 11) is 0. The summed E-state index contributed by atoms with van der Waals surface area (Å²) in [5, 5.41) is 46.4. The van der Waals surface area contributed by atoms with Gasteiger partial charge in [0, 0.05) is 30.8 Å². The van der Waals surface area contributed by atoms with Crippen molar-refractivity contribution >= 4 is 30.0 Å². The maximum Gasteiger partial charge on any atom is 0.410 e. The molecule has 4 fully saturated rings. The number of aliphatic hydroxyl groups excluding tert-OH is 4. The molecule has 12 rings (SSSR count). The molecule has 8 aromatic carbocycles. The second kappa shape index (κ2) is 40.0. The molecule has 0 saturated carbocycles. The number of aliphatic hydroxyl groups is 4. The number of hydrogen-bond acceptors (Lipinski definition) is 24. The minimum atomic E-state index is -1.92. The van der Waals surface area contributed by atoms with Gasteiger partial charge in [0.1, 0.15) is 43.2 Å². The number of nitrogens with zero attached hydrogens (tertiary/aromatic N) is 1. The van der Waals surface area contributed by atoms with Gasteiger partial charge in [0.15, 0.2) is 49.6 Å². The first-order valence-electron chi connectivity index (χ1n) is 37.2. The van der Waals surface area contributed by atoms with Crippen LogP contribution in [0.3, 0.4) is 0 Å². The van der Waals surface area contributed by atoms with Gasteiger partial charge in [-0.2, -0.15) is 0 Å². The molecule has 8 aromatic rings. The van der Waals surface area contributed by atoms with Gasteiger partial charge < -0.3 is 96.4 Å². The first kappa shape index (κ1) is 80.9. The van der Waals surface area contributed by atoms with Crippen molar-refractivity contribution in [3.63, 3.8) is 0 Å². The lowest BCUT2D eigenvalue weighted by Gasteiger charge is -2.51. The van der Waals surface area contributed by atoms with Gasteiger partial charge in [0.05, 0.1) is 86.8 Å². The number of carbonyl (C=O) groups is 5. The lowest BCUT2D eigenvalue weighted by atomic mass is 9.88. The molecule has 0 radical (unpaired) electrons. The molecule has 20 atom stereocenters. The van der Waals surface area contributed by atoms with E-state index in [9.17, 15) is 44.4 Å². The monoisotopic (exact) mass is 1520 g/mol. The molecule has 4 N–H and O–H groups in total. The van der Waals surface area contributed by atoms with Crippen LogP contribution in [0.2, 0.25) is 0 Å². The standard InChI is InChI=1S/C86H93NO24/c1-54-69(90)65(47-88)101-83(73(54)105-78(92)61-36-20-8-21-37-61)109-72-56(3)75(107-80(94)63-40-24-10-25-41-63)84(104-68(72)53-98-50-59-32-16-6-17-33-59)111-76-70(91)66(48-89)102-85(77(76)108-81(95)64-42-26-11-27-43-64)110-71-55(2)74(106-79(93)62-38-22-9-23-39-62)82(103-67(71)52-97-49-58-30-14-5-15-31-58)99-45-44-87(46-57-28-12-4-13-29-57)86(96)100-51-60-34-18-7-19-35-60/h4-43,54-56,65-77,82-85,88-91H,44-53H2,1-3H3. The van der Waals surface area contributed by atoms with Crippen LogP contribution in [0.1, 0.15) is 84.5 Å². The molecule has 20 unspecified atom stereocenters. The van der Waals surface area contributed by atoms with Crippen LogP contribution >= 0.6 is 0 Å². The van der Waals surface area contributed by atoms with Gasteiger partial charge in [0.25, 0.3) is 0 Å². The Labute approximate surface area is 643 Å². The second-order valence-electron chi connectivity index (χ2n) is 27.7. The molecule has 111 heavy (non-hydrogen) atoms. The van der Waals surface area contributed by atoms with Gasteiger partial charge in [0.2, 0.25) is 0 Å². The SMILES string of the molecule is CC1C(O)C(CO)OC(OC2C(COCc3ccccc3)OC(OC3C(O)C(CO)OC(OC4C(COCc5ccccc5)OC(OCCN(Cc5ccccc5)C(=O)OCc5ccccc5)C(OC(=O)c5ccccc5)C4C)C3OC(=O)c3ccccc3)C(OC(=O)c3ccccc3)C2C)C1OC(=O)c1ccccc1. The number of rotatable bonds is 32. The van der Waals surface area contributed by atoms with E-state index in [1.807, 2.05) is 121 Å². The van der Waals surface area contributed by atoms with Crippen LogP contribution in [0.15, 0.2) is 243 Å². The number of hydrogen-bond donors (Lipinski definition) is 4. The van der Waals surface area contributed by atoms with Gasteiger partial charge in [-0.15, -0.1) is 0 Å². The molecule has 0 bridgehead atoms. The zero-order valence-corrected chi connectivity index (χ0v) is 61.6. The van der Waals surface area contributed by atoms with Crippen molar-refractivity contribution in [2.45, 2.75) is 152 Å². The highest BCUT2D eigenvalue weighted by Gasteiger charge is 2.58. The van der Waals surface area contributed by atoms with E-state index >= 15 is 0 Å². The third kappa shape index (κ3) is 21.3. The Morgan fingerprint density at radius 1 is 0.351 bits per heavy atom. The zero-order valence-electron chi connectivity index (χ0n) is 61.6. The molecule has 0 spiro atoms. The summed E-state index contributed by atoms with van der Waals surface area (Å²) in [6.45, 7) is 2.96. The van der Waals surface area contributed by atoms with Crippen LogP contribution in [0.25, 0.3) is 0 Å². The number of esters is 4. The van der Waals surface area contributed by atoms with E-state index in [0.29, 0.717) is 0 Å². The Bertz CT molecular complexity index is 4170. The van der Waals surface area contributed by atoms with Crippen LogP contribution in [-0.2, 0) is 97.4 Å². The predicted octanol–water partition coefficient (Wildman–Crippen LogP) is 9.85. The third-order valence-electron chi connectivity index (χ3n) is 19.9. The predicted molar refractivity (Wildman–Crippen MR) is 397 cm³/mol. The Kier molecular flexibility index (Phi) is 29.1. The molecule has 25 heteroatoms. The molecule has 586 valence electrons. The summed E-state index contributed by atoms with van der Waals surface area (Å²) in [5.41, 5.74) is 3.69. The minimum absolute atomic E-state index is 0.00386. The van der Waals surface area contributed by atoms with E-state index in [1.54, 1.807) is 118 Å². The lowest BCUT2D eigenvalue weighted by molar-refractivity contribution is -0.382. The van der Waals surface area contributed by atoms with Crippen LogP contribution in [0.5, 0.6) is 0 Å². The second-order valence-corrected chi connectivity index (χ2v) is 27.7. The summed E-state index contributed by atoms with van der Waals surface area (Å²) in [6, 6.07) is 69.5. The maximum absolute atomic E-state index is 14.9. The van der Waals surface area contributed by atoms with E-state index in [0.717, 1.165) is 22.3 Å². The van der Waals surface area contributed by atoms with Gasteiger partial charge in [-0.3, -0.25) is 0 Å². The molecule has 0 aromatic heterocycles. The van der Waals surface area contributed by atoms with Crippen molar-refractivity contribution in [1.29, 1.82) is 0 Å². The molecule has 0 aliphatic carbocycles. The van der Waals surface area contributed by atoms with Gasteiger partial charge in [-0.25, -0.2) is 24.0 Å². The van der Waals surface area contributed by atoms with Crippen LogP contribution in [-0.4, -0.2) is 199 Å². The van der Waals surface area contributed by atoms with E-state index in [4.69, 9.17) is 71.1 Å². The Hall–Kier alpha value is -9.65. The topological polar surface area (TPSA) is 308 Å². The smallest absolute Gasteiger partial charge is 0.410 e. The van der Waals surface area contributed by atoms with Crippen LogP contribution in [0, 0.1) is 17.8 Å². The fourth-order valence-corrected chi connectivity index (χ4v) is 13.8. The molecular formula is C86H93NO24. The van der Waals surface area contributed by atoms with Gasteiger partial charge in [-0.05, 0) is 70.8 Å². The largest absolute Gasteiger partial charge is 0.453 e. The first-order valence-corrected chi connectivity index (χ1v) is 37.2. The van der Waals surface area contributed by atoms with Crippen LogP contribution in [0.4, 0.5) is 4.79 Å². The molecule has 4 aliphatic rings. The van der Waals surface area contributed by atoms with E-state index in [-0.39, 0.29) is 75.0 Å². The van der Waals surface area contributed by atoms with E-state index in [1.165, 1.54) is 29.2 Å². The number of benzene rings is 8. The normalized spacial score (nSPS) is 27.8. The molecule has 4 saturated heterocycles. The summed E-state index contributed by atoms with van der Waals surface area (Å²) < 4.78 is 99.1. The molecule has 25 nitrogen and oxygen atoms in total. The number of ether oxygens (including phenoxy) is 15. The van der Waals surface area contributed by atoms with Crippen LogP contribution < -0.4 is 0 Å². The number of carbonyl (C=O) groups excluding carboxylic acids is 5. The highest BCUT2D eigenvalue weighted by Crippen LogP contribution is 2.41. The minimum Gasteiger partial charge on any atom is -0.453 e. The summed E-state index contributed by atoms with van der Waals surface area (Å²) in [5.74, 6) is -6.32. The molecular weight excluding hydrogens is 1430 g/mol. The average molecular weight is 1520 g/mol. The molecule has 1 amide bonds. The molecule has 4 aliphatic heterocycles. The van der Waals surface area contributed by atoms with E-state index < -0.39 is 165 Å². The fraction of sp³-hybridized carbons (Fsp3) is 0.384. The number of amides is 1. The first-order chi connectivity index (χ1) is 54.1. The highest BCUT2D eigenvalue weighted by molar-refractivity contribution is 5.91. The summed E-state index contributed by atoms with van der Waals surface area (Å²) in [6.07, 6.45) is -26.3. The maximum atomic E-state index is 14.9. The van der Waals surface area contributed by atoms with Crippen molar-refractivity contribution in [2.24, 2.45) is 17.8 Å². The van der Waals surface area contributed by atoms with Crippen molar-refractivity contribution in [1.82, 2.24) is 4.90 Å². The highest BCUT2D eigenvalue weighted by atomic mass is 16.8. The quantitative estimate of drug-likeness (QED) is 0.0225. The molecule has 4 heterocycles. The van der Waals surface area contributed by atoms with Crippen molar-refractivity contribution < 1.29 is 115 Å². The summed E-state index contributed by atoms with van der Waals surface area (Å²) >= 11 is 0. The lowest BCUT2D eigenvalue weighted by Crippen LogP contribution is -2.67. The Morgan fingerprint density at radius 3 is 1.07 bits per heavy atom. The van der Waals surface area contributed by atoms with Gasteiger partial charge >= 0.3 is 30.0 Å². The third-order valence-corrected chi connectivity index (χ3v) is 19.9. The van der Waals surface area contributed by atoms with E-state index in [2.05, 4.69) is 0 Å². The van der Waals surface area contributed by atoms with Crippen molar-refractivity contribution in [2.75, 3.05) is 39.6 Å². The van der Waals surface area contributed by atoms with Crippen molar-refractivity contribution in [3.8, 4) is 0 Å². The van der Waals surface area contributed by atoms with Crippen molar-refractivity contribution in [3.05, 3.63) is 287 Å². The Balaban J connectivity index is 0.901. The van der Waals surface area contributed by atoms with Gasteiger partial charge in [-0.1, -0.05) is 215 Å².